The maximum absolute atomic E-state index is 14.5. The first-order valence-electron chi connectivity index (χ1n) is 11.7. The van der Waals surface area contributed by atoms with Gasteiger partial charge in [-0.2, -0.15) is 5.10 Å². The fraction of sp³-hybridized carbons (Fsp3) is 0.385. The molecule has 2 heterocycles. The fourth-order valence-corrected chi connectivity index (χ4v) is 4.81. The van der Waals surface area contributed by atoms with Crippen LogP contribution in [0.4, 0.5) is 4.39 Å². The van der Waals surface area contributed by atoms with Gasteiger partial charge in [0.05, 0.1) is 18.8 Å². The lowest BCUT2D eigenvalue weighted by molar-refractivity contribution is -0.122. The molecule has 1 unspecified atom stereocenters. The minimum absolute atomic E-state index is 0.0768. The monoisotopic (exact) mass is 448 g/mol. The van der Waals surface area contributed by atoms with E-state index < -0.39 is 6.10 Å². The van der Waals surface area contributed by atoms with Gasteiger partial charge in [0.2, 0.25) is 5.91 Å². The molecule has 0 saturated heterocycles. The zero-order valence-corrected chi connectivity index (χ0v) is 18.6. The Balaban J connectivity index is 1.28. The van der Waals surface area contributed by atoms with Crippen molar-refractivity contribution in [3.8, 4) is 5.75 Å². The van der Waals surface area contributed by atoms with Gasteiger partial charge in [0.15, 0.2) is 0 Å². The lowest BCUT2D eigenvalue weighted by Crippen LogP contribution is -2.38. The standard InChI is InChI=1S/C26H29FN4O2/c27-21-11-6-5-9-19(21)25-16-31(15-18-8-4-7-13-24(18)33-25)17-26(32)28-14-23-20-10-2-1-3-12-22(20)29-30-23/h4-9,11,13,25H,1-3,10,12,14-17H2,(H,28,32)(H,29,30). The molecule has 0 saturated carbocycles. The van der Waals surface area contributed by atoms with E-state index in [1.165, 1.54) is 30.2 Å². The summed E-state index contributed by atoms with van der Waals surface area (Å²) < 4.78 is 20.7. The van der Waals surface area contributed by atoms with Crippen molar-refractivity contribution in [3.63, 3.8) is 0 Å². The number of carbonyl (C=O) groups is 1. The summed E-state index contributed by atoms with van der Waals surface area (Å²) in [5.74, 6) is 0.352. The van der Waals surface area contributed by atoms with Gasteiger partial charge in [-0.1, -0.05) is 42.8 Å². The maximum atomic E-state index is 14.5. The molecule has 0 radical (unpaired) electrons. The van der Waals surface area contributed by atoms with Crippen molar-refractivity contribution in [2.24, 2.45) is 0 Å². The molecule has 1 atom stereocenters. The third-order valence-corrected chi connectivity index (χ3v) is 6.52. The number of aromatic amines is 1. The Kier molecular flexibility index (Phi) is 6.39. The van der Waals surface area contributed by atoms with Crippen LogP contribution in [0.2, 0.25) is 0 Å². The van der Waals surface area contributed by atoms with Crippen LogP contribution in [0.5, 0.6) is 5.75 Å². The SMILES string of the molecule is O=C(CN1Cc2ccccc2OC(c2ccccc2F)C1)NCc1n[nH]c2c1CCCCC2. The molecule has 6 nitrogen and oxygen atoms in total. The molecule has 0 spiro atoms. The number of benzene rings is 2. The average molecular weight is 449 g/mol. The number of hydrogen-bond donors (Lipinski definition) is 2. The van der Waals surface area contributed by atoms with Gasteiger partial charge in [0, 0.05) is 29.9 Å². The Morgan fingerprint density at radius 2 is 1.94 bits per heavy atom. The van der Waals surface area contributed by atoms with Crippen LogP contribution < -0.4 is 10.1 Å². The number of ether oxygens (including phenoxy) is 1. The number of fused-ring (bicyclic) bond motifs is 2. The quantitative estimate of drug-likeness (QED) is 0.578. The lowest BCUT2D eigenvalue weighted by Gasteiger charge is -2.24. The second-order valence-corrected chi connectivity index (χ2v) is 8.87. The highest BCUT2D eigenvalue weighted by Crippen LogP contribution is 2.32. The minimum atomic E-state index is -0.496. The van der Waals surface area contributed by atoms with Crippen LogP contribution in [-0.2, 0) is 30.7 Å². The normalized spacial score (nSPS) is 18.4. The lowest BCUT2D eigenvalue weighted by atomic mass is 10.1. The van der Waals surface area contributed by atoms with E-state index in [-0.39, 0.29) is 18.3 Å². The first kappa shape index (κ1) is 21.6. The van der Waals surface area contributed by atoms with Gasteiger partial charge in [-0.25, -0.2) is 4.39 Å². The number of nitrogens with zero attached hydrogens (tertiary/aromatic N) is 2. The molecule has 1 amide bonds. The smallest absolute Gasteiger partial charge is 0.234 e. The third-order valence-electron chi connectivity index (χ3n) is 6.52. The zero-order chi connectivity index (χ0) is 22.6. The van der Waals surface area contributed by atoms with Gasteiger partial charge >= 0.3 is 0 Å². The third kappa shape index (κ3) is 4.93. The number of rotatable bonds is 5. The number of para-hydroxylation sites is 1. The largest absolute Gasteiger partial charge is 0.484 e. The van der Waals surface area contributed by atoms with Crippen molar-refractivity contribution >= 4 is 5.91 Å². The summed E-state index contributed by atoms with van der Waals surface area (Å²) in [6.07, 6.45) is 5.13. The fourth-order valence-electron chi connectivity index (χ4n) is 4.81. The van der Waals surface area contributed by atoms with E-state index in [1.807, 2.05) is 35.2 Å². The zero-order valence-electron chi connectivity index (χ0n) is 18.6. The molecule has 0 bridgehead atoms. The molecule has 3 aromatic rings. The Labute approximate surface area is 193 Å². The number of carbonyl (C=O) groups excluding carboxylic acids is 1. The van der Waals surface area contributed by atoms with Crippen molar-refractivity contribution in [3.05, 3.63) is 82.4 Å². The molecule has 1 aliphatic carbocycles. The summed E-state index contributed by atoms with van der Waals surface area (Å²) >= 11 is 0. The number of amides is 1. The van der Waals surface area contributed by atoms with Gasteiger partial charge in [0.25, 0.3) is 0 Å². The van der Waals surface area contributed by atoms with Crippen LogP contribution in [0.25, 0.3) is 0 Å². The van der Waals surface area contributed by atoms with E-state index in [1.54, 1.807) is 12.1 Å². The van der Waals surface area contributed by atoms with Crippen LogP contribution in [0.3, 0.4) is 0 Å². The Morgan fingerprint density at radius 3 is 2.85 bits per heavy atom. The summed E-state index contributed by atoms with van der Waals surface area (Å²) in [5, 5.41) is 10.6. The predicted octanol–water partition coefficient (Wildman–Crippen LogP) is 4.07. The van der Waals surface area contributed by atoms with Crippen molar-refractivity contribution in [2.45, 2.75) is 51.3 Å². The number of hydrogen-bond acceptors (Lipinski definition) is 4. The van der Waals surface area contributed by atoms with E-state index in [0.717, 1.165) is 36.3 Å². The van der Waals surface area contributed by atoms with Crippen LogP contribution >= 0.6 is 0 Å². The number of aromatic nitrogens is 2. The van der Waals surface area contributed by atoms with Crippen molar-refractivity contribution in [1.82, 2.24) is 20.4 Å². The second kappa shape index (κ2) is 9.75. The number of H-pyrrole nitrogens is 1. The van der Waals surface area contributed by atoms with E-state index in [9.17, 15) is 9.18 Å². The topological polar surface area (TPSA) is 70.2 Å². The number of nitrogens with one attached hydrogen (secondary N) is 2. The number of aryl methyl sites for hydroxylation is 1. The molecule has 2 aliphatic rings. The summed E-state index contributed by atoms with van der Waals surface area (Å²) in [5.41, 5.74) is 4.91. The van der Waals surface area contributed by atoms with Crippen molar-refractivity contribution in [2.75, 3.05) is 13.1 Å². The maximum Gasteiger partial charge on any atom is 0.234 e. The minimum Gasteiger partial charge on any atom is -0.484 e. The first-order valence-corrected chi connectivity index (χ1v) is 11.7. The summed E-state index contributed by atoms with van der Waals surface area (Å²) in [4.78, 5) is 14.9. The molecule has 7 heteroatoms. The average Bonchev–Trinajstić information content (AvgIpc) is 2.97. The van der Waals surface area contributed by atoms with Gasteiger partial charge in [-0.05, 0) is 43.4 Å². The Hall–Kier alpha value is -3.19. The second-order valence-electron chi connectivity index (χ2n) is 8.87. The van der Waals surface area contributed by atoms with E-state index in [0.29, 0.717) is 25.2 Å². The van der Waals surface area contributed by atoms with Gasteiger partial charge < -0.3 is 10.1 Å². The van der Waals surface area contributed by atoms with E-state index in [4.69, 9.17) is 4.74 Å². The summed E-state index contributed by atoms with van der Waals surface area (Å²) in [7, 11) is 0. The van der Waals surface area contributed by atoms with Gasteiger partial charge in [-0.15, -0.1) is 0 Å². The van der Waals surface area contributed by atoms with E-state index in [2.05, 4.69) is 15.5 Å². The highest BCUT2D eigenvalue weighted by molar-refractivity contribution is 5.78. The first-order chi connectivity index (χ1) is 16.2. The van der Waals surface area contributed by atoms with Crippen molar-refractivity contribution < 1.29 is 13.9 Å². The Bertz CT molecular complexity index is 1130. The van der Waals surface area contributed by atoms with Gasteiger partial charge in [0.1, 0.15) is 17.7 Å². The molecule has 0 fully saturated rings. The van der Waals surface area contributed by atoms with Crippen LogP contribution in [0, 0.1) is 5.82 Å². The highest BCUT2D eigenvalue weighted by atomic mass is 19.1. The van der Waals surface area contributed by atoms with E-state index >= 15 is 0 Å². The highest BCUT2D eigenvalue weighted by Gasteiger charge is 2.27. The van der Waals surface area contributed by atoms with Crippen LogP contribution in [-0.4, -0.2) is 34.1 Å². The van der Waals surface area contributed by atoms with Gasteiger partial charge in [-0.3, -0.25) is 14.8 Å². The predicted molar refractivity (Wildman–Crippen MR) is 123 cm³/mol. The Morgan fingerprint density at radius 1 is 1.12 bits per heavy atom. The molecule has 1 aromatic heterocycles. The molecule has 5 rings (SSSR count). The molecule has 33 heavy (non-hydrogen) atoms. The molecular formula is C26H29FN4O2. The summed E-state index contributed by atoms with van der Waals surface area (Å²) in [6, 6.07) is 14.4. The van der Waals surface area contributed by atoms with Crippen LogP contribution in [0.1, 0.15) is 53.4 Å². The molecule has 2 aromatic carbocycles. The molecule has 172 valence electrons. The van der Waals surface area contributed by atoms with Crippen molar-refractivity contribution in [1.29, 1.82) is 0 Å². The molecular weight excluding hydrogens is 419 g/mol. The number of halogens is 1. The summed E-state index contributed by atoms with van der Waals surface area (Å²) in [6.45, 7) is 1.60. The molecule has 1 aliphatic heterocycles. The van der Waals surface area contributed by atoms with Crippen LogP contribution in [0.15, 0.2) is 48.5 Å². The molecule has 2 N–H and O–H groups in total.